The fourth-order valence-corrected chi connectivity index (χ4v) is 2.47. The molecule has 0 bridgehead atoms. The number of pyridine rings is 1. The summed E-state index contributed by atoms with van der Waals surface area (Å²) in [6.07, 6.45) is 2.43. The molecule has 0 radical (unpaired) electrons. The largest absolute Gasteiger partial charge is 0.493 e. The van der Waals surface area contributed by atoms with Gasteiger partial charge in [0, 0.05) is 11.1 Å². The molecule has 0 aliphatic rings. The molecule has 160 valence electrons. The number of amidine groups is 1. The Morgan fingerprint density at radius 3 is 2.41 bits per heavy atom. The number of aliphatic imine (C=N–C) groups is 1. The molecule has 0 saturated heterocycles. The van der Waals surface area contributed by atoms with Gasteiger partial charge in [-0.25, -0.2) is 4.99 Å². The Morgan fingerprint density at radius 1 is 1.17 bits per heavy atom. The van der Waals surface area contributed by atoms with E-state index in [1.54, 1.807) is 20.1 Å². The highest BCUT2D eigenvalue weighted by molar-refractivity contribution is 5.95. The van der Waals surface area contributed by atoms with Gasteiger partial charge in [0.05, 0.1) is 19.8 Å². The second-order valence-electron chi connectivity index (χ2n) is 6.45. The zero-order valence-corrected chi connectivity index (χ0v) is 18.6. The highest BCUT2D eigenvalue weighted by atomic mass is 16.5. The molecule has 0 aliphatic heterocycles. The normalized spacial score (nSPS) is 11.9. The number of allylic oxidation sites excluding steroid dienone is 1. The second-order valence-corrected chi connectivity index (χ2v) is 6.45. The van der Waals surface area contributed by atoms with Crippen LogP contribution in [0.2, 0.25) is 0 Å². The molecular weight excluding hydrogens is 368 g/mol. The molecule has 1 aromatic heterocycles. The Bertz CT molecular complexity index is 857. The predicted octanol–water partition coefficient (Wildman–Crippen LogP) is 4.70. The van der Waals surface area contributed by atoms with Crippen LogP contribution >= 0.6 is 0 Å². The van der Waals surface area contributed by atoms with Crippen LogP contribution < -0.4 is 25.7 Å². The SMILES string of the molecule is CC.CCCOc1cc2cc(/N=C(N)\C=C(\C)N)nc(OC(C)C)c2cc1OC. The number of nitrogens with zero attached hydrogens (tertiary/aromatic N) is 2. The number of fused-ring (bicyclic) bond motifs is 1. The second kappa shape index (κ2) is 11.8. The van der Waals surface area contributed by atoms with Gasteiger partial charge in [0.25, 0.3) is 0 Å². The summed E-state index contributed by atoms with van der Waals surface area (Å²) in [5.41, 5.74) is 12.1. The van der Waals surface area contributed by atoms with E-state index in [4.69, 9.17) is 25.7 Å². The zero-order valence-electron chi connectivity index (χ0n) is 18.6. The standard InChI is InChI=1S/C20H28N4O3.C2H6/c1-6-7-26-17-9-14-10-19(23-18(22)8-13(4)21)24-20(27-12(2)3)15(14)11-16(17)25-5;1-2/h8-12H,6-7,21H2,1-5H3,(H2,22,23,24);1-2H3/b13-8-;. The number of nitrogens with two attached hydrogens (primary N) is 2. The van der Waals surface area contributed by atoms with E-state index in [0.29, 0.717) is 35.5 Å². The number of ether oxygens (including phenoxy) is 3. The molecule has 0 spiro atoms. The quantitative estimate of drug-likeness (QED) is 0.490. The topological polar surface area (TPSA) is 105 Å². The van der Waals surface area contributed by atoms with Gasteiger partial charge >= 0.3 is 0 Å². The van der Waals surface area contributed by atoms with Crippen molar-refractivity contribution < 1.29 is 14.2 Å². The van der Waals surface area contributed by atoms with Gasteiger partial charge in [0.1, 0.15) is 5.84 Å². The van der Waals surface area contributed by atoms with E-state index < -0.39 is 0 Å². The van der Waals surface area contributed by atoms with Crippen molar-refractivity contribution in [3.05, 3.63) is 30.0 Å². The highest BCUT2D eigenvalue weighted by Crippen LogP contribution is 2.37. The van der Waals surface area contributed by atoms with Crippen LogP contribution in [0.25, 0.3) is 10.8 Å². The lowest BCUT2D eigenvalue weighted by Crippen LogP contribution is -2.11. The summed E-state index contributed by atoms with van der Waals surface area (Å²) in [6.45, 7) is 12.3. The fraction of sp³-hybridized carbons (Fsp3) is 0.455. The van der Waals surface area contributed by atoms with E-state index in [-0.39, 0.29) is 11.9 Å². The molecule has 0 aliphatic carbocycles. The van der Waals surface area contributed by atoms with Crippen LogP contribution in [0.15, 0.2) is 35.0 Å². The van der Waals surface area contributed by atoms with Crippen molar-refractivity contribution in [2.75, 3.05) is 13.7 Å². The summed E-state index contributed by atoms with van der Waals surface area (Å²) >= 11 is 0. The molecule has 1 heterocycles. The first-order valence-corrected chi connectivity index (χ1v) is 9.94. The molecule has 7 nitrogen and oxygen atoms in total. The lowest BCUT2D eigenvalue weighted by molar-refractivity contribution is 0.236. The van der Waals surface area contributed by atoms with Gasteiger partial charge in [0.15, 0.2) is 17.3 Å². The highest BCUT2D eigenvalue weighted by Gasteiger charge is 2.14. The Labute approximate surface area is 173 Å². The molecular formula is C22H34N4O3. The number of hydrogen-bond donors (Lipinski definition) is 2. The summed E-state index contributed by atoms with van der Waals surface area (Å²) in [6, 6.07) is 5.59. The van der Waals surface area contributed by atoms with Gasteiger partial charge in [-0.15, -0.1) is 0 Å². The van der Waals surface area contributed by atoms with E-state index >= 15 is 0 Å². The maximum absolute atomic E-state index is 5.91. The number of hydrogen-bond acceptors (Lipinski definition) is 6. The van der Waals surface area contributed by atoms with Crippen LogP contribution in [0.4, 0.5) is 5.82 Å². The lowest BCUT2D eigenvalue weighted by Gasteiger charge is -2.15. The van der Waals surface area contributed by atoms with Crippen molar-refractivity contribution >= 4 is 22.4 Å². The minimum Gasteiger partial charge on any atom is -0.493 e. The number of rotatable bonds is 8. The van der Waals surface area contributed by atoms with E-state index in [1.165, 1.54) is 0 Å². The Balaban J connectivity index is 0.00000204. The first-order valence-electron chi connectivity index (χ1n) is 9.94. The summed E-state index contributed by atoms with van der Waals surface area (Å²) in [4.78, 5) is 8.83. The van der Waals surface area contributed by atoms with Crippen LogP contribution in [0.1, 0.15) is 48.0 Å². The molecule has 4 N–H and O–H groups in total. The molecule has 0 atom stereocenters. The van der Waals surface area contributed by atoms with Crippen molar-refractivity contribution in [1.29, 1.82) is 0 Å². The Kier molecular flexibility index (Phi) is 9.79. The summed E-state index contributed by atoms with van der Waals surface area (Å²) < 4.78 is 17.2. The molecule has 29 heavy (non-hydrogen) atoms. The van der Waals surface area contributed by atoms with E-state index in [0.717, 1.165) is 17.2 Å². The summed E-state index contributed by atoms with van der Waals surface area (Å²) in [5.74, 6) is 2.45. The average Bonchev–Trinajstić information content (AvgIpc) is 2.66. The van der Waals surface area contributed by atoms with Gasteiger partial charge in [0.2, 0.25) is 5.88 Å². The van der Waals surface area contributed by atoms with Crippen LogP contribution in [0, 0.1) is 0 Å². The predicted molar refractivity (Wildman–Crippen MR) is 120 cm³/mol. The summed E-state index contributed by atoms with van der Waals surface area (Å²) in [5, 5.41) is 1.68. The molecule has 0 fully saturated rings. The smallest absolute Gasteiger partial charge is 0.223 e. The van der Waals surface area contributed by atoms with Gasteiger partial charge in [-0.05, 0) is 56.9 Å². The molecule has 1 aromatic carbocycles. The van der Waals surface area contributed by atoms with Gasteiger partial charge in [-0.1, -0.05) is 20.8 Å². The van der Waals surface area contributed by atoms with Crippen LogP contribution in [0.5, 0.6) is 17.4 Å². The molecule has 7 heteroatoms. The van der Waals surface area contributed by atoms with Gasteiger partial charge in [-0.3, -0.25) is 0 Å². The van der Waals surface area contributed by atoms with Crippen molar-refractivity contribution in [2.24, 2.45) is 16.5 Å². The molecule has 0 saturated carbocycles. The third-order valence-corrected chi connectivity index (χ3v) is 3.50. The molecule has 0 amide bonds. The fourth-order valence-electron chi connectivity index (χ4n) is 2.47. The maximum atomic E-state index is 5.91. The minimum atomic E-state index is -0.0505. The van der Waals surface area contributed by atoms with Crippen LogP contribution in [-0.4, -0.2) is 30.6 Å². The van der Waals surface area contributed by atoms with Crippen molar-refractivity contribution in [2.45, 2.75) is 54.1 Å². The monoisotopic (exact) mass is 402 g/mol. The minimum absolute atomic E-state index is 0.0505. The molecule has 2 aromatic rings. The maximum Gasteiger partial charge on any atom is 0.223 e. The van der Waals surface area contributed by atoms with E-state index in [1.807, 2.05) is 45.9 Å². The third kappa shape index (κ3) is 7.18. The van der Waals surface area contributed by atoms with Crippen molar-refractivity contribution in [3.8, 4) is 17.4 Å². The van der Waals surface area contributed by atoms with Crippen LogP contribution in [0.3, 0.4) is 0 Å². The third-order valence-electron chi connectivity index (χ3n) is 3.50. The number of benzene rings is 1. The van der Waals surface area contributed by atoms with Crippen LogP contribution in [-0.2, 0) is 0 Å². The van der Waals surface area contributed by atoms with Gasteiger partial charge in [-0.2, -0.15) is 4.98 Å². The number of methoxy groups -OCH3 is 1. The number of aromatic nitrogens is 1. The Morgan fingerprint density at radius 2 is 1.86 bits per heavy atom. The zero-order chi connectivity index (χ0) is 22.0. The summed E-state index contributed by atoms with van der Waals surface area (Å²) in [7, 11) is 1.61. The molecule has 0 unspecified atom stereocenters. The first-order chi connectivity index (χ1) is 13.8. The lowest BCUT2D eigenvalue weighted by atomic mass is 10.1. The van der Waals surface area contributed by atoms with E-state index in [2.05, 4.69) is 16.9 Å². The first kappa shape index (κ1) is 24.1. The average molecular weight is 403 g/mol. The van der Waals surface area contributed by atoms with Gasteiger partial charge < -0.3 is 25.7 Å². The van der Waals surface area contributed by atoms with E-state index in [9.17, 15) is 0 Å². The Hall–Kier alpha value is -2.96. The van der Waals surface area contributed by atoms with Crippen molar-refractivity contribution in [3.63, 3.8) is 0 Å². The van der Waals surface area contributed by atoms with Crippen molar-refractivity contribution in [1.82, 2.24) is 4.98 Å². The molecule has 2 rings (SSSR count).